The molecule has 0 saturated heterocycles. The zero-order valence-corrected chi connectivity index (χ0v) is 17.9. The Balaban J connectivity index is 1.69. The molecule has 6 heteroatoms. The van der Waals surface area contributed by atoms with Gasteiger partial charge in [0.15, 0.2) is 0 Å². The van der Waals surface area contributed by atoms with Crippen molar-refractivity contribution in [1.82, 2.24) is 3.96 Å². The van der Waals surface area contributed by atoms with Crippen LogP contribution in [-0.4, -0.2) is 16.8 Å². The highest BCUT2D eigenvalue weighted by atomic mass is 32.1. The highest BCUT2D eigenvalue weighted by Gasteiger charge is 2.22. The van der Waals surface area contributed by atoms with Gasteiger partial charge in [0.25, 0.3) is 5.56 Å². The molecule has 0 spiro atoms. The molecular formula is C25H22N2O3S. The molecule has 0 fully saturated rings. The highest BCUT2D eigenvalue weighted by molar-refractivity contribution is 7.09. The first-order valence-electron chi connectivity index (χ1n) is 9.90. The van der Waals surface area contributed by atoms with Gasteiger partial charge in [-0.05, 0) is 46.9 Å². The van der Waals surface area contributed by atoms with Gasteiger partial charge in [-0.2, -0.15) is 0 Å². The van der Waals surface area contributed by atoms with Crippen molar-refractivity contribution >= 4 is 23.0 Å². The summed E-state index contributed by atoms with van der Waals surface area (Å²) in [6, 6.07) is 26.5. The highest BCUT2D eigenvalue weighted by Crippen LogP contribution is 2.24. The van der Waals surface area contributed by atoms with Crippen LogP contribution in [0.3, 0.4) is 0 Å². The van der Waals surface area contributed by atoms with E-state index in [1.54, 1.807) is 35.3 Å². The van der Waals surface area contributed by atoms with Crippen LogP contribution in [0, 0.1) is 0 Å². The molecular weight excluding hydrogens is 408 g/mol. The van der Waals surface area contributed by atoms with Crippen LogP contribution >= 0.6 is 11.5 Å². The van der Waals surface area contributed by atoms with E-state index in [0.717, 1.165) is 11.1 Å². The van der Waals surface area contributed by atoms with E-state index in [1.165, 1.54) is 11.5 Å². The first-order valence-corrected chi connectivity index (χ1v) is 10.7. The maximum atomic E-state index is 13.3. The summed E-state index contributed by atoms with van der Waals surface area (Å²) in [6.45, 7) is 0.876. The zero-order valence-electron chi connectivity index (χ0n) is 17.1. The molecule has 0 atom stereocenters. The van der Waals surface area contributed by atoms with Gasteiger partial charge in [0.1, 0.15) is 16.3 Å². The molecule has 0 aliphatic heterocycles. The van der Waals surface area contributed by atoms with Gasteiger partial charge in [-0.25, -0.2) is 0 Å². The third kappa shape index (κ3) is 4.75. The molecule has 0 aliphatic carbocycles. The molecule has 4 aromatic rings. The summed E-state index contributed by atoms with van der Waals surface area (Å²) in [7, 11) is 1.58. The number of nitrogens with zero attached hydrogens (tertiary/aromatic N) is 1. The number of carbonyl (C=O) groups excluding carboxylic acids is 1. The van der Waals surface area contributed by atoms with Crippen molar-refractivity contribution in [2.45, 2.75) is 13.1 Å². The number of ether oxygens (including phenoxy) is 1. The third-order valence-corrected chi connectivity index (χ3v) is 6.00. The number of carbonyl (C=O) groups is 1. The second-order valence-corrected chi connectivity index (χ2v) is 8.05. The van der Waals surface area contributed by atoms with Crippen LogP contribution in [-0.2, 0) is 13.1 Å². The fraction of sp³-hybridized carbons (Fsp3) is 0.120. The van der Waals surface area contributed by atoms with Gasteiger partial charge in [0.05, 0.1) is 13.7 Å². The minimum atomic E-state index is -0.193. The van der Waals surface area contributed by atoms with Gasteiger partial charge in [-0.3, -0.25) is 13.5 Å². The van der Waals surface area contributed by atoms with E-state index in [4.69, 9.17) is 4.74 Å². The van der Waals surface area contributed by atoms with Crippen molar-refractivity contribution in [3.05, 3.63) is 117 Å². The number of aromatic nitrogens is 1. The standard InChI is InChI=1S/C25H22N2O3S/c1-30-21-14-12-20(13-15-21)23(28)24-22(26-16-18-8-4-2-5-9-18)25(29)27(31-24)17-19-10-6-3-7-11-19/h2-15,26H,16-17H2,1H3. The average Bonchev–Trinajstić information content (AvgIpc) is 3.13. The average molecular weight is 431 g/mol. The van der Waals surface area contributed by atoms with Crippen molar-refractivity contribution in [3.63, 3.8) is 0 Å². The van der Waals surface area contributed by atoms with Crippen LogP contribution in [0.4, 0.5) is 5.69 Å². The largest absolute Gasteiger partial charge is 0.497 e. The van der Waals surface area contributed by atoms with E-state index in [0.29, 0.717) is 35.0 Å². The molecule has 1 heterocycles. The number of nitrogens with one attached hydrogen (secondary N) is 1. The van der Waals surface area contributed by atoms with Crippen LogP contribution in [0.1, 0.15) is 26.4 Å². The number of ketones is 1. The lowest BCUT2D eigenvalue weighted by atomic mass is 10.1. The van der Waals surface area contributed by atoms with E-state index in [2.05, 4.69) is 5.32 Å². The fourth-order valence-corrected chi connectivity index (χ4v) is 4.30. The number of rotatable bonds is 8. The molecule has 156 valence electrons. The molecule has 0 saturated carbocycles. The van der Waals surface area contributed by atoms with E-state index >= 15 is 0 Å². The summed E-state index contributed by atoms with van der Waals surface area (Å²) < 4.78 is 6.80. The molecule has 31 heavy (non-hydrogen) atoms. The Bertz CT molecular complexity index is 1210. The lowest BCUT2D eigenvalue weighted by molar-refractivity contribution is 0.104. The van der Waals surface area contributed by atoms with E-state index < -0.39 is 0 Å². The number of methoxy groups -OCH3 is 1. The van der Waals surface area contributed by atoms with Gasteiger partial charge in [0, 0.05) is 12.1 Å². The monoisotopic (exact) mass is 430 g/mol. The number of hydrogen-bond acceptors (Lipinski definition) is 5. The summed E-state index contributed by atoms with van der Waals surface area (Å²) in [4.78, 5) is 26.9. The van der Waals surface area contributed by atoms with Crippen molar-refractivity contribution in [2.24, 2.45) is 0 Å². The predicted octanol–water partition coefficient (Wildman–Crippen LogP) is 4.81. The lowest BCUT2D eigenvalue weighted by Crippen LogP contribution is -2.18. The molecule has 0 bridgehead atoms. The maximum absolute atomic E-state index is 13.3. The molecule has 5 nitrogen and oxygen atoms in total. The molecule has 4 rings (SSSR count). The lowest BCUT2D eigenvalue weighted by Gasteiger charge is -2.06. The number of benzene rings is 3. The predicted molar refractivity (Wildman–Crippen MR) is 124 cm³/mol. The summed E-state index contributed by atoms with van der Waals surface area (Å²) in [5.41, 5.74) is 2.69. The Labute approximate surface area is 184 Å². The van der Waals surface area contributed by atoms with Gasteiger partial charge >= 0.3 is 0 Å². The van der Waals surface area contributed by atoms with Crippen LogP contribution in [0.5, 0.6) is 5.75 Å². The molecule has 0 amide bonds. The second-order valence-electron chi connectivity index (χ2n) is 7.02. The Morgan fingerprint density at radius 1 is 0.903 bits per heavy atom. The van der Waals surface area contributed by atoms with E-state index in [1.807, 2.05) is 60.7 Å². The van der Waals surface area contributed by atoms with Gasteiger partial charge in [-0.15, -0.1) is 0 Å². The van der Waals surface area contributed by atoms with Crippen LogP contribution in [0.15, 0.2) is 89.7 Å². The molecule has 3 aromatic carbocycles. The normalized spacial score (nSPS) is 10.6. The number of anilines is 1. The number of hydrogen-bond donors (Lipinski definition) is 1. The second kappa shape index (κ2) is 9.45. The van der Waals surface area contributed by atoms with Crippen molar-refractivity contribution < 1.29 is 9.53 Å². The Morgan fingerprint density at radius 3 is 2.13 bits per heavy atom. The van der Waals surface area contributed by atoms with Gasteiger partial charge in [0.2, 0.25) is 5.78 Å². The molecule has 0 radical (unpaired) electrons. The van der Waals surface area contributed by atoms with Crippen molar-refractivity contribution in [3.8, 4) is 5.75 Å². The Morgan fingerprint density at radius 2 is 1.52 bits per heavy atom. The quantitative estimate of drug-likeness (QED) is 0.408. The molecule has 1 aromatic heterocycles. The molecule has 0 unspecified atom stereocenters. The summed E-state index contributed by atoms with van der Waals surface area (Å²) >= 11 is 1.19. The van der Waals surface area contributed by atoms with Crippen LogP contribution in [0.25, 0.3) is 0 Å². The Kier molecular flexibility index (Phi) is 6.29. The van der Waals surface area contributed by atoms with Gasteiger partial charge < -0.3 is 10.1 Å². The first kappa shape index (κ1) is 20.6. The minimum Gasteiger partial charge on any atom is -0.497 e. The minimum absolute atomic E-state index is 0.188. The Hall–Kier alpha value is -3.64. The van der Waals surface area contributed by atoms with Crippen molar-refractivity contribution in [2.75, 3.05) is 12.4 Å². The zero-order chi connectivity index (χ0) is 21.6. The molecule has 1 N–H and O–H groups in total. The summed E-state index contributed by atoms with van der Waals surface area (Å²) in [5, 5.41) is 3.21. The van der Waals surface area contributed by atoms with Crippen molar-refractivity contribution in [1.29, 1.82) is 0 Å². The SMILES string of the molecule is COc1ccc(C(=O)c2sn(Cc3ccccc3)c(=O)c2NCc2ccccc2)cc1. The smallest absolute Gasteiger partial charge is 0.285 e. The maximum Gasteiger partial charge on any atom is 0.285 e. The first-order chi connectivity index (χ1) is 15.2. The summed E-state index contributed by atoms with van der Waals surface area (Å²) in [5.74, 6) is 0.487. The molecule has 0 aliphatic rings. The van der Waals surface area contributed by atoms with Gasteiger partial charge in [-0.1, -0.05) is 60.7 Å². The third-order valence-electron chi connectivity index (χ3n) is 4.91. The van der Waals surface area contributed by atoms with Crippen LogP contribution in [0.2, 0.25) is 0 Å². The summed E-state index contributed by atoms with van der Waals surface area (Å²) in [6.07, 6.45) is 0. The topological polar surface area (TPSA) is 60.3 Å². The van der Waals surface area contributed by atoms with E-state index in [9.17, 15) is 9.59 Å². The van der Waals surface area contributed by atoms with Crippen LogP contribution < -0.4 is 15.6 Å². The van der Waals surface area contributed by atoms with E-state index in [-0.39, 0.29) is 11.3 Å². The fourth-order valence-electron chi connectivity index (χ4n) is 3.24.